The fourth-order valence-electron chi connectivity index (χ4n) is 3.85. The first kappa shape index (κ1) is 29.6. The van der Waals surface area contributed by atoms with Gasteiger partial charge in [0.05, 0.1) is 6.10 Å². The number of hydrogen-bond acceptors (Lipinski definition) is 5. The summed E-state index contributed by atoms with van der Waals surface area (Å²) in [5.41, 5.74) is 3.94. The van der Waals surface area contributed by atoms with E-state index in [1.54, 1.807) is 30.2 Å². The van der Waals surface area contributed by atoms with E-state index in [-0.39, 0.29) is 11.1 Å². The molecule has 0 saturated heterocycles. The van der Waals surface area contributed by atoms with Crippen LogP contribution in [0.1, 0.15) is 54.8 Å². The van der Waals surface area contributed by atoms with Crippen LogP contribution in [0.4, 0.5) is 0 Å². The highest BCUT2D eigenvalue weighted by atomic mass is 32.2. The summed E-state index contributed by atoms with van der Waals surface area (Å²) in [4.78, 5) is 29.4. The van der Waals surface area contributed by atoms with Crippen molar-refractivity contribution in [3.05, 3.63) is 89.7 Å². The van der Waals surface area contributed by atoms with E-state index in [4.69, 9.17) is 4.43 Å². The molecule has 2 N–H and O–H groups in total. The topological polar surface area (TPSA) is 88.5 Å². The number of rotatable bonds is 11. The first-order valence-corrected chi connectivity index (χ1v) is 17.0. The Hall–Kier alpha value is -2.94. The molecule has 1 aromatic heterocycles. The summed E-state index contributed by atoms with van der Waals surface area (Å²) in [6, 6.07) is 18.3. The lowest BCUT2D eigenvalue weighted by Gasteiger charge is -2.39. The smallest absolute Gasteiger partial charge is 0.326 e. The first-order valence-electron chi connectivity index (χ1n) is 12.7. The maximum absolute atomic E-state index is 13.4. The minimum absolute atomic E-state index is 0.00296. The summed E-state index contributed by atoms with van der Waals surface area (Å²) in [5, 5.41) is 12.4. The fourth-order valence-corrected chi connectivity index (χ4v) is 5.53. The molecule has 2 atom stereocenters. The van der Waals surface area contributed by atoms with Gasteiger partial charge in [-0.15, -0.1) is 0 Å². The number of carboxylic acid groups (broad SMARTS) is 1. The minimum Gasteiger partial charge on any atom is -0.480 e. The number of thioether (sulfide) groups is 1. The highest BCUT2D eigenvalue weighted by molar-refractivity contribution is 7.98. The van der Waals surface area contributed by atoms with Crippen LogP contribution in [0.5, 0.6) is 0 Å². The number of nitrogens with one attached hydrogen (secondary N) is 1. The molecular formula is C30H38N2O4SSi. The molecule has 2 aromatic carbocycles. The van der Waals surface area contributed by atoms with Gasteiger partial charge in [-0.05, 0) is 83.1 Å². The van der Waals surface area contributed by atoms with E-state index < -0.39 is 26.2 Å². The number of carboxylic acids is 1. The number of carbonyl (C=O) groups is 2. The van der Waals surface area contributed by atoms with Crippen molar-refractivity contribution >= 4 is 32.0 Å². The number of pyridine rings is 1. The third-order valence-corrected chi connectivity index (χ3v) is 12.2. The van der Waals surface area contributed by atoms with Crippen LogP contribution in [-0.2, 0) is 9.22 Å². The van der Waals surface area contributed by atoms with E-state index in [0.29, 0.717) is 17.7 Å². The Morgan fingerprint density at radius 3 is 2.26 bits per heavy atom. The highest BCUT2D eigenvalue weighted by Crippen LogP contribution is 2.42. The van der Waals surface area contributed by atoms with Crippen LogP contribution in [0.25, 0.3) is 11.1 Å². The zero-order valence-electron chi connectivity index (χ0n) is 23.0. The van der Waals surface area contributed by atoms with Crippen LogP contribution in [-0.4, -0.2) is 48.3 Å². The normalized spacial score (nSPS) is 13.5. The molecule has 38 heavy (non-hydrogen) atoms. The zero-order valence-corrected chi connectivity index (χ0v) is 24.8. The quantitative estimate of drug-likeness (QED) is 0.255. The van der Waals surface area contributed by atoms with Gasteiger partial charge in [0, 0.05) is 18.0 Å². The number of aliphatic carboxylic acids is 1. The lowest BCUT2D eigenvalue weighted by Crippen LogP contribution is -2.42. The average molecular weight is 551 g/mol. The van der Waals surface area contributed by atoms with Crippen molar-refractivity contribution in [2.45, 2.75) is 57.5 Å². The van der Waals surface area contributed by atoms with Crippen molar-refractivity contribution < 1.29 is 19.1 Å². The molecule has 1 amide bonds. The van der Waals surface area contributed by atoms with Crippen LogP contribution in [0.15, 0.2) is 73.1 Å². The number of hydrogen-bond donors (Lipinski definition) is 2. The van der Waals surface area contributed by atoms with E-state index in [1.807, 2.05) is 60.9 Å². The zero-order chi connectivity index (χ0) is 27.9. The Morgan fingerprint density at radius 2 is 1.68 bits per heavy atom. The third-order valence-electron chi connectivity index (χ3n) is 7.12. The van der Waals surface area contributed by atoms with E-state index in [1.165, 1.54) is 0 Å². The summed E-state index contributed by atoms with van der Waals surface area (Å²) < 4.78 is 6.94. The molecule has 0 aliphatic carbocycles. The van der Waals surface area contributed by atoms with Gasteiger partial charge in [-0.2, -0.15) is 11.8 Å². The third kappa shape index (κ3) is 7.33. The Balaban J connectivity index is 2.10. The summed E-state index contributed by atoms with van der Waals surface area (Å²) in [5.74, 6) is -0.805. The second kappa shape index (κ2) is 12.7. The number of carbonyl (C=O) groups excluding carboxylic acids is 1. The molecule has 0 spiro atoms. The summed E-state index contributed by atoms with van der Waals surface area (Å²) in [6.45, 7) is 11.1. The van der Waals surface area contributed by atoms with Crippen LogP contribution in [0.2, 0.25) is 18.1 Å². The Labute approximate surface area is 231 Å². The van der Waals surface area contributed by atoms with Gasteiger partial charge in [-0.1, -0.05) is 57.2 Å². The van der Waals surface area contributed by atoms with Crippen molar-refractivity contribution in [2.24, 2.45) is 0 Å². The molecular weight excluding hydrogens is 512 g/mol. The van der Waals surface area contributed by atoms with Gasteiger partial charge in [-0.25, -0.2) is 4.79 Å². The number of nitrogens with zero attached hydrogens (tertiary/aromatic N) is 1. The molecule has 0 aliphatic rings. The molecule has 0 fully saturated rings. The molecule has 8 heteroatoms. The molecule has 2 unspecified atom stereocenters. The molecule has 6 nitrogen and oxygen atoms in total. The van der Waals surface area contributed by atoms with E-state index in [2.05, 4.69) is 44.2 Å². The lowest BCUT2D eigenvalue weighted by molar-refractivity contribution is -0.139. The summed E-state index contributed by atoms with van der Waals surface area (Å²) >= 11 is 1.55. The van der Waals surface area contributed by atoms with Crippen LogP contribution in [0.3, 0.4) is 0 Å². The van der Waals surface area contributed by atoms with Gasteiger partial charge < -0.3 is 14.8 Å². The second-order valence-electron chi connectivity index (χ2n) is 10.9. The summed E-state index contributed by atoms with van der Waals surface area (Å²) in [6.07, 6.45) is 5.45. The maximum atomic E-state index is 13.4. The largest absolute Gasteiger partial charge is 0.480 e. The standard InChI is InChI=1S/C30H38N2O4SSi/c1-30(2,3)38(5,6)36-27(22-14-17-31-18-15-22)23-12-13-24(25(20-23)21-10-8-7-9-11-21)28(33)32-26(29(34)35)16-19-37-4/h7-15,17-18,20,26-27H,16,19H2,1-6H3,(H,32,33)(H,34,35). The van der Waals surface area contributed by atoms with Gasteiger partial charge in [0.2, 0.25) is 0 Å². The van der Waals surface area contributed by atoms with Crippen LogP contribution < -0.4 is 5.32 Å². The van der Waals surface area contributed by atoms with Crippen molar-refractivity contribution in [1.29, 1.82) is 0 Å². The lowest BCUT2D eigenvalue weighted by atomic mass is 9.93. The van der Waals surface area contributed by atoms with Crippen molar-refractivity contribution in [2.75, 3.05) is 12.0 Å². The minimum atomic E-state index is -2.18. The number of amides is 1. The van der Waals surface area contributed by atoms with Gasteiger partial charge >= 0.3 is 5.97 Å². The highest BCUT2D eigenvalue weighted by Gasteiger charge is 2.40. The average Bonchev–Trinajstić information content (AvgIpc) is 2.89. The Kier molecular flexibility index (Phi) is 9.92. The predicted molar refractivity (Wildman–Crippen MR) is 158 cm³/mol. The van der Waals surface area contributed by atoms with Crippen LogP contribution in [0, 0.1) is 0 Å². The van der Waals surface area contributed by atoms with Crippen molar-refractivity contribution in [3.63, 3.8) is 0 Å². The summed E-state index contributed by atoms with van der Waals surface area (Å²) in [7, 11) is -2.18. The molecule has 202 valence electrons. The molecule has 3 aromatic rings. The SMILES string of the molecule is CSCCC(NC(=O)c1ccc(C(O[Si](C)(C)C(C)(C)C)c2ccncc2)cc1-c1ccccc1)C(=O)O. The molecule has 0 saturated carbocycles. The number of benzene rings is 2. The van der Waals surface area contributed by atoms with Crippen molar-refractivity contribution in [3.8, 4) is 11.1 Å². The maximum Gasteiger partial charge on any atom is 0.326 e. The fraction of sp³-hybridized carbons (Fsp3) is 0.367. The molecule has 1 heterocycles. The second-order valence-corrected chi connectivity index (χ2v) is 16.6. The molecule has 3 rings (SSSR count). The van der Waals surface area contributed by atoms with Gasteiger partial charge in [0.15, 0.2) is 8.32 Å². The van der Waals surface area contributed by atoms with Gasteiger partial charge in [0.25, 0.3) is 5.91 Å². The van der Waals surface area contributed by atoms with E-state index in [0.717, 1.165) is 22.3 Å². The van der Waals surface area contributed by atoms with Gasteiger partial charge in [0.1, 0.15) is 6.04 Å². The van der Waals surface area contributed by atoms with E-state index in [9.17, 15) is 14.7 Å². The molecule has 0 aliphatic heterocycles. The predicted octanol–water partition coefficient (Wildman–Crippen LogP) is 6.80. The molecule has 0 radical (unpaired) electrons. The van der Waals surface area contributed by atoms with Crippen LogP contribution >= 0.6 is 11.8 Å². The monoisotopic (exact) mass is 550 g/mol. The Morgan fingerprint density at radius 1 is 1.03 bits per heavy atom. The number of aromatic nitrogens is 1. The van der Waals surface area contributed by atoms with E-state index >= 15 is 0 Å². The Bertz CT molecular complexity index is 1230. The molecule has 0 bridgehead atoms. The first-order chi connectivity index (χ1) is 17.9. The van der Waals surface area contributed by atoms with Gasteiger partial charge in [-0.3, -0.25) is 9.78 Å². The van der Waals surface area contributed by atoms with Crippen molar-refractivity contribution in [1.82, 2.24) is 10.3 Å².